The largest absolute Gasteiger partial charge is 0.281 e. The topological polar surface area (TPSA) is 61.8 Å². The summed E-state index contributed by atoms with van der Waals surface area (Å²) in [5.41, 5.74) is 2.17. The van der Waals surface area contributed by atoms with Crippen LogP contribution in [0, 0.1) is 11.6 Å². The van der Waals surface area contributed by atoms with Crippen LogP contribution in [0.5, 0.6) is 0 Å². The number of hydrazone groups is 1. The van der Waals surface area contributed by atoms with E-state index in [1.165, 1.54) is 6.07 Å². The van der Waals surface area contributed by atoms with Gasteiger partial charge in [-0.3, -0.25) is 14.5 Å². The number of halogens is 3. The second-order valence-electron chi connectivity index (χ2n) is 4.55. The zero-order chi connectivity index (χ0) is 17.3. The monoisotopic (exact) mass is 387 g/mol. The number of amidine groups is 1. The summed E-state index contributed by atoms with van der Waals surface area (Å²) in [6, 6.07) is 5.97. The van der Waals surface area contributed by atoms with Gasteiger partial charge >= 0.3 is 0 Å². The van der Waals surface area contributed by atoms with E-state index in [0.717, 1.165) is 40.1 Å². The molecule has 3 rings (SSSR count). The number of carbonyl (C=O) groups excluding carboxylic acids is 2. The fourth-order valence-corrected chi connectivity index (χ4v) is 3.69. The standard InChI is InChI=1S/C14H8ClF2N3O2S2/c15-11-4-3-10(24-11)13(22)18-19-14-20(12(21)6-23-14)9-2-1-7(16)5-8(9)17/h1-5H,6H2,(H,18,22)/b19-14+. The average molecular weight is 388 g/mol. The SMILES string of the molecule is O=C(N/N=C1/SCC(=O)N1c1ccc(F)cc1F)c1ccc(Cl)s1. The Labute approximate surface area is 148 Å². The Bertz CT molecular complexity index is 856. The predicted molar refractivity (Wildman–Crippen MR) is 90.5 cm³/mol. The zero-order valence-electron chi connectivity index (χ0n) is 11.8. The molecular formula is C14H8ClF2N3O2S2. The van der Waals surface area contributed by atoms with Gasteiger partial charge in [0.05, 0.1) is 20.7 Å². The Balaban J connectivity index is 1.83. The third-order valence-electron chi connectivity index (χ3n) is 2.97. The van der Waals surface area contributed by atoms with Gasteiger partial charge in [0.15, 0.2) is 5.17 Å². The summed E-state index contributed by atoms with van der Waals surface area (Å²) in [7, 11) is 0. The summed E-state index contributed by atoms with van der Waals surface area (Å²) in [6.45, 7) is 0. The molecule has 10 heteroatoms. The minimum atomic E-state index is -0.894. The Hall–Kier alpha value is -1.97. The molecule has 5 nitrogen and oxygen atoms in total. The van der Waals surface area contributed by atoms with Gasteiger partial charge < -0.3 is 0 Å². The van der Waals surface area contributed by atoms with E-state index in [-0.39, 0.29) is 16.6 Å². The first-order valence-corrected chi connectivity index (χ1v) is 8.68. The van der Waals surface area contributed by atoms with Crippen molar-refractivity contribution in [2.24, 2.45) is 5.10 Å². The Morgan fingerprint density at radius 3 is 2.75 bits per heavy atom. The lowest BCUT2D eigenvalue weighted by Gasteiger charge is -2.16. The molecule has 0 radical (unpaired) electrons. The molecule has 0 spiro atoms. The number of rotatable bonds is 3. The van der Waals surface area contributed by atoms with Crippen molar-refractivity contribution in [2.75, 3.05) is 10.7 Å². The van der Waals surface area contributed by atoms with Crippen LogP contribution in [0.15, 0.2) is 35.4 Å². The first-order chi connectivity index (χ1) is 11.5. The van der Waals surface area contributed by atoms with Crippen LogP contribution >= 0.6 is 34.7 Å². The minimum Gasteiger partial charge on any atom is -0.273 e. The van der Waals surface area contributed by atoms with E-state index in [1.807, 2.05) is 0 Å². The van der Waals surface area contributed by atoms with Crippen molar-refractivity contribution < 1.29 is 18.4 Å². The molecule has 0 unspecified atom stereocenters. The summed E-state index contributed by atoms with van der Waals surface area (Å²) in [5.74, 6) is -2.53. The van der Waals surface area contributed by atoms with Crippen molar-refractivity contribution in [1.82, 2.24) is 5.43 Å². The maximum atomic E-state index is 13.9. The van der Waals surface area contributed by atoms with E-state index < -0.39 is 23.4 Å². The van der Waals surface area contributed by atoms with Crippen LogP contribution in [0.4, 0.5) is 14.5 Å². The Kier molecular flexibility index (Phi) is 4.83. The molecule has 0 atom stereocenters. The summed E-state index contributed by atoms with van der Waals surface area (Å²) in [4.78, 5) is 25.3. The molecule has 0 aliphatic carbocycles. The first-order valence-electron chi connectivity index (χ1n) is 6.50. The maximum Gasteiger partial charge on any atom is 0.281 e. The molecule has 2 heterocycles. The third-order valence-corrected chi connectivity index (χ3v) is 5.12. The zero-order valence-corrected chi connectivity index (χ0v) is 14.1. The Morgan fingerprint density at radius 1 is 1.29 bits per heavy atom. The van der Waals surface area contributed by atoms with Gasteiger partial charge in [0.1, 0.15) is 11.6 Å². The normalized spacial score (nSPS) is 16.0. The number of carbonyl (C=O) groups is 2. The molecule has 2 aromatic rings. The van der Waals surface area contributed by atoms with E-state index in [2.05, 4.69) is 10.5 Å². The lowest BCUT2D eigenvalue weighted by Crippen LogP contribution is -2.32. The maximum absolute atomic E-state index is 13.9. The quantitative estimate of drug-likeness (QED) is 0.820. The highest BCUT2D eigenvalue weighted by molar-refractivity contribution is 8.15. The fraction of sp³-hybridized carbons (Fsp3) is 0.0714. The van der Waals surface area contributed by atoms with E-state index in [0.29, 0.717) is 15.3 Å². The highest BCUT2D eigenvalue weighted by Crippen LogP contribution is 2.29. The number of anilines is 1. The molecule has 0 saturated carbocycles. The molecule has 1 fully saturated rings. The lowest BCUT2D eigenvalue weighted by molar-refractivity contribution is -0.115. The highest BCUT2D eigenvalue weighted by Gasteiger charge is 2.32. The second kappa shape index (κ2) is 6.88. The van der Waals surface area contributed by atoms with Gasteiger partial charge in [-0.25, -0.2) is 14.2 Å². The molecule has 1 saturated heterocycles. The summed E-state index contributed by atoms with van der Waals surface area (Å²) < 4.78 is 27.4. The van der Waals surface area contributed by atoms with Crippen molar-refractivity contribution in [3.63, 3.8) is 0 Å². The van der Waals surface area contributed by atoms with Gasteiger partial charge in [0.25, 0.3) is 5.91 Å². The average Bonchev–Trinajstić information content (AvgIpc) is 3.12. The predicted octanol–water partition coefficient (Wildman–Crippen LogP) is 3.46. The number of amides is 2. The molecule has 124 valence electrons. The van der Waals surface area contributed by atoms with E-state index in [4.69, 9.17) is 11.6 Å². The van der Waals surface area contributed by atoms with Gasteiger partial charge in [-0.2, -0.15) is 0 Å². The van der Waals surface area contributed by atoms with Crippen LogP contribution in [-0.2, 0) is 4.79 Å². The molecule has 1 aromatic carbocycles. The summed E-state index contributed by atoms with van der Waals surface area (Å²) in [6.07, 6.45) is 0. The number of hydrogen-bond acceptors (Lipinski definition) is 5. The molecule has 1 aliphatic rings. The van der Waals surface area contributed by atoms with Gasteiger partial charge in [-0.1, -0.05) is 23.4 Å². The van der Waals surface area contributed by atoms with Crippen molar-refractivity contribution in [3.05, 3.63) is 51.2 Å². The molecule has 2 amide bonds. The van der Waals surface area contributed by atoms with Crippen LogP contribution in [0.1, 0.15) is 9.67 Å². The van der Waals surface area contributed by atoms with Crippen molar-refractivity contribution in [1.29, 1.82) is 0 Å². The summed E-state index contributed by atoms with van der Waals surface area (Å²) >= 11 is 7.87. The van der Waals surface area contributed by atoms with Crippen molar-refractivity contribution >= 4 is 57.4 Å². The minimum absolute atomic E-state index is 0.0380. The lowest BCUT2D eigenvalue weighted by atomic mass is 10.2. The first kappa shape index (κ1) is 16.9. The second-order valence-corrected chi connectivity index (χ2v) is 7.21. The molecule has 1 aliphatic heterocycles. The number of thioether (sulfide) groups is 1. The number of hydrogen-bond donors (Lipinski definition) is 1. The van der Waals surface area contributed by atoms with Crippen LogP contribution in [0.3, 0.4) is 0 Å². The van der Waals surface area contributed by atoms with Gasteiger partial charge in [0, 0.05) is 6.07 Å². The Morgan fingerprint density at radius 2 is 2.08 bits per heavy atom. The van der Waals surface area contributed by atoms with Crippen LogP contribution < -0.4 is 10.3 Å². The van der Waals surface area contributed by atoms with Crippen LogP contribution in [-0.4, -0.2) is 22.7 Å². The molecule has 1 aromatic heterocycles. The molecule has 1 N–H and O–H groups in total. The van der Waals surface area contributed by atoms with Crippen LogP contribution in [0.2, 0.25) is 4.34 Å². The van der Waals surface area contributed by atoms with Crippen molar-refractivity contribution in [2.45, 2.75) is 0 Å². The smallest absolute Gasteiger partial charge is 0.273 e. The number of thiophene rings is 1. The van der Waals surface area contributed by atoms with Crippen LogP contribution in [0.25, 0.3) is 0 Å². The number of benzene rings is 1. The van der Waals surface area contributed by atoms with Gasteiger partial charge in [-0.15, -0.1) is 16.4 Å². The van der Waals surface area contributed by atoms with E-state index in [9.17, 15) is 18.4 Å². The fourth-order valence-electron chi connectivity index (χ4n) is 1.93. The van der Waals surface area contributed by atoms with E-state index >= 15 is 0 Å². The van der Waals surface area contributed by atoms with Gasteiger partial charge in [0.2, 0.25) is 5.91 Å². The van der Waals surface area contributed by atoms with E-state index in [1.54, 1.807) is 6.07 Å². The van der Waals surface area contributed by atoms with Gasteiger partial charge in [-0.05, 0) is 24.3 Å². The van der Waals surface area contributed by atoms with Crippen molar-refractivity contribution in [3.8, 4) is 0 Å². The number of nitrogens with one attached hydrogen (secondary N) is 1. The molecule has 24 heavy (non-hydrogen) atoms. The molecular weight excluding hydrogens is 380 g/mol. The highest BCUT2D eigenvalue weighted by atomic mass is 35.5. The molecule has 0 bridgehead atoms. The summed E-state index contributed by atoms with van der Waals surface area (Å²) in [5, 5.41) is 3.97. The number of nitrogens with zero attached hydrogens (tertiary/aromatic N) is 2. The third kappa shape index (κ3) is 3.42.